The van der Waals surface area contributed by atoms with Crippen LogP contribution in [0.15, 0.2) is 30.5 Å². The molecule has 1 aliphatic rings. The lowest BCUT2D eigenvalue weighted by Crippen LogP contribution is -2.22. The number of para-hydroxylation sites is 1. The number of aryl methyl sites for hydroxylation is 2. The van der Waals surface area contributed by atoms with E-state index < -0.39 is 0 Å². The molecule has 0 bridgehead atoms. The molecule has 1 aliphatic carbocycles. The predicted molar refractivity (Wildman–Crippen MR) is 71.0 cm³/mol. The fourth-order valence-electron chi connectivity index (χ4n) is 2.39. The Balaban J connectivity index is 1.95. The van der Waals surface area contributed by atoms with Gasteiger partial charge < -0.3 is 5.73 Å². The van der Waals surface area contributed by atoms with Crippen molar-refractivity contribution < 1.29 is 0 Å². The third-order valence-corrected chi connectivity index (χ3v) is 3.85. The van der Waals surface area contributed by atoms with Gasteiger partial charge in [0.15, 0.2) is 0 Å². The van der Waals surface area contributed by atoms with Crippen molar-refractivity contribution in [2.75, 3.05) is 0 Å². The number of nitrogens with two attached hydrogens (primary N) is 1. The molecule has 2 nitrogen and oxygen atoms in total. The molecule has 1 aromatic carbocycles. The van der Waals surface area contributed by atoms with Gasteiger partial charge in [0, 0.05) is 17.1 Å². The Labute approximate surface area is 102 Å². The van der Waals surface area contributed by atoms with Crippen LogP contribution >= 0.6 is 0 Å². The minimum absolute atomic E-state index is 0.138. The molecule has 3 rings (SSSR count). The van der Waals surface area contributed by atoms with Crippen LogP contribution in [0.1, 0.15) is 30.4 Å². The van der Waals surface area contributed by atoms with Gasteiger partial charge in [-0.1, -0.05) is 18.2 Å². The second kappa shape index (κ2) is 3.81. The summed E-state index contributed by atoms with van der Waals surface area (Å²) in [5.74, 6) is 0. The molecule has 0 unspecified atom stereocenters. The summed E-state index contributed by atoms with van der Waals surface area (Å²) in [4.78, 5) is 4.47. The molecule has 88 valence electrons. The second-order valence-electron chi connectivity index (χ2n) is 5.30. The van der Waals surface area contributed by atoms with Crippen molar-refractivity contribution in [3.05, 3.63) is 41.6 Å². The summed E-state index contributed by atoms with van der Waals surface area (Å²) in [6.45, 7) is 2.12. The molecule has 0 spiro atoms. The van der Waals surface area contributed by atoms with E-state index in [1.54, 1.807) is 0 Å². The lowest BCUT2D eigenvalue weighted by molar-refractivity contribution is 0.610. The van der Waals surface area contributed by atoms with E-state index in [4.69, 9.17) is 5.73 Å². The van der Waals surface area contributed by atoms with Crippen LogP contribution in [0.2, 0.25) is 0 Å². The highest BCUT2D eigenvalue weighted by atomic mass is 14.8. The van der Waals surface area contributed by atoms with Crippen LogP contribution < -0.4 is 5.73 Å². The smallest absolute Gasteiger partial charge is 0.0733 e. The van der Waals surface area contributed by atoms with Crippen LogP contribution in [-0.4, -0.2) is 10.5 Å². The van der Waals surface area contributed by atoms with Crippen LogP contribution in [0, 0.1) is 6.92 Å². The Kier molecular flexibility index (Phi) is 2.40. The molecular formula is C15H18N2. The highest BCUT2D eigenvalue weighted by molar-refractivity contribution is 5.84. The molecule has 17 heavy (non-hydrogen) atoms. The molecule has 0 aliphatic heterocycles. The molecule has 1 heterocycles. The van der Waals surface area contributed by atoms with Gasteiger partial charge in [0.25, 0.3) is 0 Å². The van der Waals surface area contributed by atoms with Gasteiger partial charge >= 0.3 is 0 Å². The van der Waals surface area contributed by atoms with Crippen molar-refractivity contribution in [2.45, 2.75) is 38.1 Å². The van der Waals surface area contributed by atoms with E-state index in [2.05, 4.69) is 36.2 Å². The number of fused-ring (bicyclic) bond motifs is 1. The van der Waals surface area contributed by atoms with E-state index in [1.165, 1.54) is 29.4 Å². The monoisotopic (exact) mass is 226 g/mol. The summed E-state index contributed by atoms with van der Waals surface area (Å²) in [5, 5.41) is 1.29. The molecule has 0 radical (unpaired) electrons. The number of hydrogen-bond donors (Lipinski definition) is 1. The third-order valence-electron chi connectivity index (χ3n) is 3.85. The summed E-state index contributed by atoms with van der Waals surface area (Å²) < 4.78 is 0. The van der Waals surface area contributed by atoms with Gasteiger partial charge in [0.05, 0.1) is 5.52 Å². The largest absolute Gasteiger partial charge is 0.325 e. The van der Waals surface area contributed by atoms with Gasteiger partial charge in [-0.3, -0.25) is 4.98 Å². The van der Waals surface area contributed by atoms with E-state index in [0.29, 0.717) is 0 Å². The van der Waals surface area contributed by atoms with Gasteiger partial charge in [-0.25, -0.2) is 0 Å². The van der Waals surface area contributed by atoms with Crippen LogP contribution in [-0.2, 0) is 6.42 Å². The number of pyridine rings is 1. The quantitative estimate of drug-likeness (QED) is 0.874. The van der Waals surface area contributed by atoms with Crippen molar-refractivity contribution >= 4 is 10.9 Å². The van der Waals surface area contributed by atoms with Crippen molar-refractivity contribution in [3.8, 4) is 0 Å². The van der Waals surface area contributed by atoms with E-state index in [-0.39, 0.29) is 5.54 Å². The fraction of sp³-hybridized carbons (Fsp3) is 0.400. The minimum atomic E-state index is 0.138. The second-order valence-corrected chi connectivity index (χ2v) is 5.30. The molecule has 1 saturated carbocycles. The van der Waals surface area contributed by atoms with Gasteiger partial charge in [0.2, 0.25) is 0 Å². The Morgan fingerprint density at radius 1 is 1.29 bits per heavy atom. The number of benzene rings is 1. The molecule has 0 atom stereocenters. The van der Waals surface area contributed by atoms with Crippen molar-refractivity contribution in [1.29, 1.82) is 0 Å². The summed E-state index contributed by atoms with van der Waals surface area (Å²) in [7, 11) is 0. The lowest BCUT2D eigenvalue weighted by atomic mass is 9.99. The van der Waals surface area contributed by atoms with Crippen molar-refractivity contribution in [1.82, 2.24) is 4.98 Å². The number of aromatic nitrogens is 1. The fourth-order valence-corrected chi connectivity index (χ4v) is 2.39. The van der Waals surface area contributed by atoms with Gasteiger partial charge in [-0.2, -0.15) is 0 Å². The Morgan fingerprint density at radius 2 is 2.12 bits per heavy atom. The Hall–Kier alpha value is -1.41. The zero-order valence-electron chi connectivity index (χ0n) is 10.2. The molecule has 0 amide bonds. The van der Waals surface area contributed by atoms with Crippen LogP contribution in [0.4, 0.5) is 0 Å². The zero-order valence-corrected chi connectivity index (χ0v) is 10.2. The van der Waals surface area contributed by atoms with Crippen LogP contribution in [0.5, 0.6) is 0 Å². The normalized spacial score (nSPS) is 17.3. The molecule has 2 heteroatoms. The van der Waals surface area contributed by atoms with Gasteiger partial charge in [-0.05, 0) is 49.8 Å². The maximum Gasteiger partial charge on any atom is 0.0733 e. The number of rotatable bonds is 3. The Bertz CT molecular complexity index is 556. The summed E-state index contributed by atoms with van der Waals surface area (Å²) in [6, 6.07) is 8.52. The maximum absolute atomic E-state index is 6.15. The van der Waals surface area contributed by atoms with Gasteiger partial charge in [0.1, 0.15) is 0 Å². The summed E-state index contributed by atoms with van der Waals surface area (Å²) >= 11 is 0. The number of hydrogen-bond acceptors (Lipinski definition) is 2. The highest BCUT2D eigenvalue weighted by Crippen LogP contribution is 2.37. The average Bonchev–Trinajstić information content (AvgIpc) is 3.06. The topological polar surface area (TPSA) is 38.9 Å². The van der Waals surface area contributed by atoms with Crippen molar-refractivity contribution in [2.24, 2.45) is 5.73 Å². The van der Waals surface area contributed by atoms with Crippen molar-refractivity contribution in [3.63, 3.8) is 0 Å². The first-order valence-corrected chi connectivity index (χ1v) is 6.30. The Morgan fingerprint density at radius 3 is 2.88 bits per heavy atom. The summed E-state index contributed by atoms with van der Waals surface area (Å²) in [6.07, 6.45) is 6.46. The van der Waals surface area contributed by atoms with Crippen LogP contribution in [0.25, 0.3) is 10.9 Å². The van der Waals surface area contributed by atoms with E-state index in [1.807, 2.05) is 6.20 Å². The first kappa shape index (κ1) is 10.7. The predicted octanol–water partition coefficient (Wildman–Crippen LogP) is 2.97. The first-order valence-electron chi connectivity index (χ1n) is 6.30. The van der Waals surface area contributed by atoms with Crippen LogP contribution in [0.3, 0.4) is 0 Å². The number of nitrogens with zero attached hydrogens (tertiary/aromatic N) is 1. The first-order chi connectivity index (χ1) is 8.18. The SMILES string of the molecule is Cc1cccc2c(CCC3(N)CC3)ccnc12. The highest BCUT2D eigenvalue weighted by Gasteiger charge is 2.37. The molecule has 1 aromatic heterocycles. The standard InChI is InChI=1S/C15H18N2/c1-11-3-2-4-13-12(6-10-17-14(11)13)5-7-15(16)8-9-15/h2-4,6,10H,5,7-9,16H2,1H3. The molecule has 1 fully saturated rings. The van der Waals surface area contributed by atoms with E-state index in [0.717, 1.165) is 18.4 Å². The molecule has 0 saturated heterocycles. The maximum atomic E-state index is 6.15. The minimum Gasteiger partial charge on any atom is -0.325 e. The molecular weight excluding hydrogens is 208 g/mol. The summed E-state index contributed by atoms with van der Waals surface area (Å²) in [5.41, 5.74) is 10.1. The lowest BCUT2D eigenvalue weighted by Gasteiger charge is -2.10. The van der Waals surface area contributed by atoms with Gasteiger partial charge in [-0.15, -0.1) is 0 Å². The average molecular weight is 226 g/mol. The molecule has 2 N–H and O–H groups in total. The van der Waals surface area contributed by atoms with E-state index >= 15 is 0 Å². The third kappa shape index (κ3) is 2.05. The zero-order chi connectivity index (χ0) is 11.9. The molecule has 2 aromatic rings. The van der Waals surface area contributed by atoms with E-state index in [9.17, 15) is 0 Å².